The van der Waals surface area contributed by atoms with Crippen LogP contribution in [-0.4, -0.2) is 17.7 Å². The molecule has 0 aliphatic heterocycles. The van der Waals surface area contributed by atoms with E-state index >= 15 is 0 Å². The van der Waals surface area contributed by atoms with E-state index in [9.17, 15) is 4.79 Å². The Labute approximate surface area is 96.5 Å². The predicted molar refractivity (Wildman–Crippen MR) is 68.8 cm³/mol. The van der Waals surface area contributed by atoms with Crippen LogP contribution in [0.2, 0.25) is 0 Å². The van der Waals surface area contributed by atoms with Crippen molar-refractivity contribution in [3.8, 4) is 0 Å². The van der Waals surface area contributed by atoms with Gasteiger partial charge in [-0.3, -0.25) is 4.79 Å². The molecule has 0 rings (SSSR count). The molecule has 1 atom stereocenters. The van der Waals surface area contributed by atoms with Crippen molar-refractivity contribution in [1.29, 1.82) is 0 Å². The van der Waals surface area contributed by atoms with Gasteiger partial charge in [0.25, 0.3) is 0 Å². The summed E-state index contributed by atoms with van der Waals surface area (Å²) in [6.45, 7) is 13.6. The Kier molecular flexibility index (Phi) is 7.82. The minimum absolute atomic E-state index is 0.0282. The minimum atomic E-state index is -0.0282. The van der Waals surface area contributed by atoms with Crippen molar-refractivity contribution in [2.45, 2.75) is 25.0 Å². The average molecular weight is 225 g/mol. The van der Waals surface area contributed by atoms with Gasteiger partial charge in [0.15, 0.2) is 0 Å². The van der Waals surface area contributed by atoms with Crippen molar-refractivity contribution in [3.63, 3.8) is 0 Å². The number of hydrogen-bond donors (Lipinski definition) is 1. The standard InChI is InChI=1S/C12H19NOS/c1-5-10(4)8-9-13-12(14)11(6-2)15-7-3/h5,7,11H,1,3-4,6,8-9H2,2H3,(H,13,14). The Balaban J connectivity index is 3.85. The van der Waals surface area contributed by atoms with E-state index in [1.165, 1.54) is 11.8 Å². The topological polar surface area (TPSA) is 29.1 Å². The highest BCUT2D eigenvalue weighted by molar-refractivity contribution is 8.03. The number of carbonyl (C=O) groups is 1. The molecule has 1 unspecified atom stereocenters. The second-order valence-electron chi connectivity index (χ2n) is 3.10. The van der Waals surface area contributed by atoms with Crippen LogP contribution in [0.1, 0.15) is 19.8 Å². The number of rotatable bonds is 8. The van der Waals surface area contributed by atoms with Gasteiger partial charge < -0.3 is 5.32 Å². The summed E-state index contributed by atoms with van der Waals surface area (Å²) in [6, 6.07) is 0. The van der Waals surface area contributed by atoms with Gasteiger partial charge in [-0.2, -0.15) is 0 Å². The zero-order valence-corrected chi connectivity index (χ0v) is 10.1. The second kappa shape index (κ2) is 8.36. The number of hydrogen-bond acceptors (Lipinski definition) is 2. The quantitative estimate of drug-likeness (QED) is 0.644. The number of nitrogens with one attached hydrogen (secondary N) is 1. The fourth-order valence-electron chi connectivity index (χ4n) is 1.02. The molecule has 0 saturated heterocycles. The predicted octanol–water partition coefficient (Wildman–Crippen LogP) is 2.89. The molecule has 84 valence electrons. The third kappa shape index (κ3) is 6.18. The van der Waals surface area contributed by atoms with Gasteiger partial charge in [-0.05, 0) is 18.2 Å². The lowest BCUT2D eigenvalue weighted by Crippen LogP contribution is -2.32. The highest BCUT2D eigenvalue weighted by Crippen LogP contribution is 2.14. The molecular weight excluding hydrogens is 206 g/mol. The van der Waals surface area contributed by atoms with E-state index in [0.29, 0.717) is 6.54 Å². The number of carbonyl (C=O) groups excluding carboxylic acids is 1. The molecule has 0 spiro atoms. The third-order valence-corrected chi connectivity index (χ3v) is 3.03. The largest absolute Gasteiger partial charge is 0.355 e. The maximum Gasteiger partial charge on any atom is 0.233 e. The van der Waals surface area contributed by atoms with Crippen molar-refractivity contribution in [1.82, 2.24) is 5.32 Å². The van der Waals surface area contributed by atoms with Crippen LogP contribution in [0.25, 0.3) is 0 Å². The molecule has 3 heteroatoms. The first kappa shape index (κ1) is 14.0. The molecule has 0 saturated carbocycles. The molecule has 0 aromatic rings. The number of amides is 1. The Bertz CT molecular complexity index is 248. The summed E-state index contributed by atoms with van der Waals surface area (Å²) in [5, 5.41) is 4.54. The monoisotopic (exact) mass is 225 g/mol. The SMILES string of the molecule is C=CSC(CC)C(=O)NCCC(=C)C=C. The van der Waals surface area contributed by atoms with Crippen molar-refractivity contribution in [3.05, 3.63) is 36.8 Å². The summed E-state index contributed by atoms with van der Waals surface area (Å²) >= 11 is 1.46. The zero-order chi connectivity index (χ0) is 11.7. The number of thioether (sulfide) groups is 1. The minimum Gasteiger partial charge on any atom is -0.355 e. The van der Waals surface area contributed by atoms with Crippen LogP contribution < -0.4 is 5.32 Å². The summed E-state index contributed by atoms with van der Waals surface area (Å²) in [7, 11) is 0. The van der Waals surface area contributed by atoms with Crippen LogP contribution in [-0.2, 0) is 4.79 Å². The first-order valence-electron chi connectivity index (χ1n) is 5.00. The fraction of sp³-hybridized carbons (Fsp3) is 0.417. The van der Waals surface area contributed by atoms with Gasteiger partial charge in [0.05, 0.1) is 5.25 Å². The van der Waals surface area contributed by atoms with Crippen molar-refractivity contribution < 1.29 is 4.79 Å². The number of allylic oxidation sites excluding steroid dienone is 1. The Morgan fingerprint density at radius 2 is 2.20 bits per heavy atom. The summed E-state index contributed by atoms with van der Waals surface area (Å²) < 4.78 is 0. The van der Waals surface area contributed by atoms with E-state index in [1.54, 1.807) is 11.5 Å². The molecule has 0 aliphatic rings. The Hall–Kier alpha value is -0.960. The zero-order valence-electron chi connectivity index (χ0n) is 9.29. The highest BCUT2D eigenvalue weighted by Gasteiger charge is 2.14. The molecular formula is C12H19NOS. The molecule has 15 heavy (non-hydrogen) atoms. The van der Waals surface area contributed by atoms with Crippen molar-refractivity contribution in [2.24, 2.45) is 0 Å². The maximum absolute atomic E-state index is 11.6. The van der Waals surface area contributed by atoms with Crippen LogP contribution in [0.3, 0.4) is 0 Å². The van der Waals surface area contributed by atoms with E-state index < -0.39 is 0 Å². The van der Waals surface area contributed by atoms with E-state index in [-0.39, 0.29) is 11.2 Å². The van der Waals surface area contributed by atoms with Gasteiger partial charge in [0, 0.05) is 6.54 Å². The molecule has 0 aromatic carbocycles. The Morgan fingerprint density at radius 1 is 1.53 bits per heavy atom. The maximum atomic E-state index is 11.6. The Morgan fingerprint density at radius 3 is 2.67 bits per heavy atom. The van der Waals surface area contributed by atoms with E-state index in [2.05, 4.69) is 25.1 Å². The average Bonchev–Trinajstić information content (AvgIpc) is 2.25. The normalized spacial score (nSPS) is 11.5. The molecule has 0 radical (unpaired) electrons. The van der Waals surface area contributed by atoms with Crippen molar-refractivity contribution in [2.75, 3.05) is 6.54 Å². The summed E-state index contributed by atoms with van der Waals surface area (Å²) in [5.41, 5.74) is 0.944. The van der Waals surface area contributed by atoms with E-state index in [1.807, 2.05) is 6.92 Å². The molecule has 0 heterocycles. The van der Waals surface area contributed by atoms with E-state index in [0.717, 1.165) is 18.4 Å². The van der Waals surface area contributed by atoms with Gasteiger partial charge >= 0.3 is 0 Å². The third-order valence-electron chi connectivity index (χ3n) is 1.96. The first-order valence-corrected chi connectivity index (χ1v) is 5.94. The van der Waals surface area contributed by atoms with Crippen LogP contribution >= 0.6 is 11.8 Å². The van der Waals surface area contributed by atoms with Crippen LogP contribution in [0.4, 0.5) is 0 Å². The molecule has 1 N–H and O–H groups in total. The highest BCUT2D eigenvalue weighted by atomic mass is 32.2. The van der Waals surface area contributed by atoms with E-state index in [4.69, 9.17) is 0 Å². The smallest absolute Gasteiger partial charge is 0.233 e. The summed E-state index contributed by atoms with van der Waals surface area (Å²) in [4.78, 5) is 11.6. The lowest BCUT2D eigenvalue weighted by Gasteiger charge is -2.12. The van der Waals surface area contributed by atoms with Gasteiger partial charge in [0.2, 0.25) is 5.91 Å². The lowest BCUT2D eigenvalue weighted by molar-refractivity contribution is -0.120. The second-order valence-corrected chi connectivity index (χ2v) is 4.28. The van der Waals surface area contributed by atoms with Crippen LogP contribution in [0, 0.1) is 0 Å². The molecule has 2 nitrogen and oxygen atoms in total. The molecule has 1 amide bonds. The van der Waals surface area contributed by atoms with Gasteiger partial charge in [0.1, 0.15) is 0 Å². The summed E-state index contributed by atoms with van der Waals surface area (Å²) in [6.07, 6.45) is 3.28. The molecule has 0 fully saturated rings. The molecule has 0 aliphatic carbocycles. The fourth-order valence-corrected chi connectivity index (χ4v) is 1.65. The van der Waals surface area contributed by atoms with Gasteiger partial charge in [-0.1, -0.05) is 38.3 Å². The van der Waals surface area contributed by atoms with Crippen LogP contribution in [0.15, 0.2) is 36.8 Å². The first-order chi connectivity index (χ1) is 7.15. The lowest BCUT2D eigenvalue weighted by atomic mass is 10.2. The van der Waals surface area contributed by atoms with Crippen LogP contribution in [0.5, 0.6) is 0 Å². The van der Waals surface area contributed by atoms with Gasteiger partial charge in [-0.15, -0.1) is 11.8 Å². The summed E-state index contributed by atoms with van der Waals surface area (Å²) in [5.74, 6) is 0.0688. The van der Waals surface area contributed by atoms with Crippen molar-refractivity contribution >= 4 is 17.7 Å². The molecule has 0 aromatic heterocycles. The van der Waals surface area contributed by atoms with Gasteiger partial charge in [-0.25, -0.2) is 0 Å². The molecule has 0 bridgehead atoms.